The maximum Gasteiger partial charge on any atom is 0.265 e. The van der Waals surface area contributed by atoms with Gasteiger partial charge in [0.25, 0.3) is 5.91 Å². The fourth-order valence-corrected chi connectivity index (χ4v) is 2.23. The van der Waals surface area contributed by atoms with Gasteiger partial charge in [-0.05, 0) is 69.5 Å². The zero-order valence-corrected chi connectivity index (χ0v) is 13.9. The first-order valence-corrected chi connectivity index (χ1v) is 7.49. The van der Waals surface area contributed by atoms with Crippen molar-refractivity contribution in [2.45, 2.75) is 40.7 Å². The Balaban J connectivity index is 2.04. The Labute approximate surface area is 132 Å². The summed E-state index contributed by atoms with van der Waals surface area (Å²) in [5, 5.41) is 2.92. The van der Waals surface area contributed by atoms with Crippen molar-refractivity contribution in [1.82, 2.24) is 0 Å². The van der Waals surface area contributed by atoms with E-state index in [4.69, 9.17) is 4.74 Å². The second-order valence-corrected chi connectivity index (χ2v) is 5.81. The number of nitrogens with one attached hydrogen (secondary N) is 1. The topological polar surface area (TPSA) is 38.3 Å². The van der Waals surface area contributed by atoms with Crippen molar-refractivity contribution in [1.29, 1.82) is 0 Å². The molecule has 0 aliphatic carbocycles. The van der Waals surface area contributed by atoms with Crippen molar-refractivity contribution >= 4 is 11.6 Å². The van der Waals surface area contributed by atoms with Crippen LogP contribution in [0.2, 0.25) is 0 Å². The highest BCUT2D eigenvalue weighted by molar-refractivity contribution is 5.94. The van der Waals surface area contributed by atoms with Gasteiger partial charge in [0.05, 0.1) is 0 Å². The molecule has 0 aromatic heterocycles. The molecule has 116 valence electrons. The summed E-state index contributed by atoms with van der Waals surface area (Å²) in [6, 6.07) is 11.8. The van der Waals surface area contributed by atoms with E-state index in [1.54, 1.807) is 6.92 Å². The Bertz CT molecular complexity index is 692. The van der Waals surface area contributed by atoms with Crippen LogP contribution in [0.15, 0.2) is 36.4 Å². The standard InChI is InChI=1S/C19H23NO2/c1-12-6-9-18(15(4)10-12)20-19(21)16(5)22-17-8-7-13(2)14(3)11-17/h6-11,16H,1-5H3,(H,20,21)/t16-/m1/s1. The van der Waals surface area contributed by atoms with Gasteiger partial charge in [-0.1, -0.05) is 23.8 Å². The number of hydrogen-bond donors (Lipinski definition) is 1. The first-order valence-electron chi connectivity index (χ1n) is 7.49. The fraction of sp³-hybridized carbons (Fsp3) is 0.316. The van der Waals surface area contributed by atoms with E-state index in [9.17, 15) is 4.79 Å². The smallest absolute Gasteiger partial charge is 0.265 e. The summed E-state index contributed by atoms with van der Waals surface area (Å²) in [5.41, 5.74) is 5.41. The number of benzene rings is 2. The Kier molecular flexibility index (Phi) is 4.86. The lowest BCUT2D eigenvalue weighted by Gasteiger charge is -2.16. The molecule has 2 rings (SSSR count). The second kappa shape index (κ2) is 6.65. The molecule has 0 heterocycles. The third-order valence-electron chi connectivity index (χ3n) is 3.80. The summed E-state index contributed by atoms with van der Waals surface area (Å²) in [5.74, 6) is 0.566. The van der Waals surface area contributed by atoms with Gasteiger partial charge in [0, 0.05) is 5.69 Å². The minimum Gasteiger partial charge on any atom is -0.481 e. The minimum atomic E-state index is -0.553. The van der Waals surface area contributed by atoms with Crippen molar-refractivity contribution < 1.29 is 9.53 Å². The first-order chi connectivity index (χ1) is 10.4. The van der Waals surface area contributed by atoms with Crippen LogP contribution in [0.25, 0.3) is 0 Å². The maximum atomic E-state index is 12.3. The number of carbonyl (C=O) groups is 1. The Morgan fingerprint density at radius 2 is 1.68 bits per heavy atom. The zero-order valence-electron chi connectivity index (χ0n) is 13.9. The zero-order chi connectivity index (χ0) is 16.3. The molecule has 3 heteroatoms. The Morgan fingerprint density at radius 1 is 0.955 bits per heavy atom. The quantitative estimate of drug-likeness (QED) is 0.912. The van der Waals surface area contributed by atoms with Gasteiger partial charge in [-0.2, -0.15) is 0 Å². The van der Waals surface area contributed by atoms with Gasteiger partial charge in [-0.15, -0.1) is 0 Å². The molecule has 1 atom stereocenters. The summed E-state index contributed by atoms with van der Waals surface area (Å²) in [4.78, 5) is 12.3. The molecule has 1 N–H and O–H groups in total. The van der Waals surface area contributed by atoms with Crippen LogP contribution in [0.1, 0.15) is 29.2 Å². The molecule has 0 aliphatic rings. The SMILES string of the molecule is Cc1ccc(NC(=O)[C@@H](C)Oc2ccc(C)c(C)c2)c(C)c1. The van der Waals surface area contributed by atoms with Crippen LogP contribution in [-0.4, -0.2) is 12.0 Å². The van der Waals surface area contributed by atoms with Crippen LogP contribution < -0.4 is 10.1 Å². The van der Waals surface area contributed by atoms with E-state index in [0.29, 0.717) is 5.75 Å². The summed E-state index contributed by atoms with van der Waals surface area (Å²) < 4.78 is 5.74. The molecular formula is C19H23NO2. The Morgan fingerprint density at radius 3 is 2.32 bits per heavy atom. The van der Waals surface area contributed by atoms with Gasteiger partial charge >= 0.3 is 0 Å². The Hall–Kier alpha value is -2.29. The maximum absolute atomic E-state index is 12.3. The molecule has 2 aromatic rings. The third-order valence-corrected chi connectivity index (χ3v) is 3.80. The molecule has 0 fully saturated rings. The number of amides is 1. The molecule has 1 amide bonds. The second-order valence-electron chi connectivity index (χ2n) is 5.81. The molecule has 3 nitrogen and oxygen atoms in total. The average Bonchev–Trinajstić information content (AvgIpc) is 2.45. The van der Waals surface area contributed by atoms with E-state index in [2.05, 4.69) is 12.2 Å². The van der Waals surface area contributed by atoms with E-state index >= 15 is 0 Å². The van der Waals surface area contributed by atoms with Gasteiger partial charge in [0.2, 0.25) is 0 Å². The molecule has 0 unspecified atom stereocenters. The van der Waals surface area contributed by atoms with E-state index in [1.165, 1.54) is 11.1 Å². The van der Waals surface area contributed by atoms with Gasteiger partial charge in [0.15, 0.2) is 6.10 Å². The van der Waals surface area contributed by atoms with Crippen LogP contribution in [0.4, 0.5) is 5.69 Å². The molecule has 0 spiro atoms. The number of carbonyl (C=O) groups excluding carboxylic acids is 1. The molecule has 0 aliphatic heterocycles. The first kappa shape index (κ1) is 16.1. The molecular weight excluding hydrogens is 274 g/mol. The molecule has 2 aromatic carbocycles. The van der Waals surface area contributed by atoms with Gasteiger partial charge in [-0.3, -0.25) is 4.79 Å². The lowest BCUT2D eigenvalue weighted by Crippen LogP contribution is -2.30. The largest absolute Gasteiger partial charge is 0.481 e. The number of rotatable bonds is 4. The van der Waals surface area contributed by atoms with E-state index in [1.807, 2.05) is 57.2 Å². The van der Waals surface area contributed by atoms with Crippen molar-refractivity contribution in [2.75, 3.05) is 5.32 Å². The minimum absolute atomic E-state index is 0.148. The molecule has 22 heavy (non-hydrogen) atoms. The van der Waals surface area contributed by atoms with Crippen LogP contribution in [0.3, 0.4) is 0 Å². The van der Waals surface area contributed by atoms with Crippen LogP contribution >= 0.6 is 0 Å². The van der Waals surface area contributed by atoms with Crippen LogP contribution in [0.5, 0.6) is 5.75 Å². The van der Waals surface area contributed by atoms with E-state index in [0.717, 1.165) is 16.8 Å². The molecule has 0 bridgehead atoms. The van der Waals surface area contributed by atoms with Gasteiger partial charge in [0.1, 0.15) is 5.75 Å². The summed E-state index contributed by atoms with van der Waals surface area (Å²) in [6.45, 7) is 9.85. The molecule has 0 saturated heterocycles. The van der Waals surface area contributed by atoms with E-state index < -0.39 is 6.10 Å². The number of aryl methyl sites for hydroxylation is 4. The lowest BCUT2D eigenvalue weighted by atomic mass is 10.1. The highest BCUT2D eigenvalue weighted by atomic mass is 16.5. The molecule has 0 saturated carbocycles. The van der Waals surface area contributed by atoms with Crippen molar-refractivity contribution in [3.63, 3.8) is 0 Å². The summed E-state index contributed by atoms with van der Waals surface area (Å²) >= 11 is 0. The summed E-state index contributed by atoms with van der Waals surface area (Å²) in [6.07, 6.45) is -0.553. The normalized spacial score (nSPS) is 11.9. The number of anilines is 1. The predicted molar refractivity (Wildman–Crippen MR) is 90.6 cm³/mol. The van der Waals surface area contributed by atoms with Crippen molar-refractivity contribution in [3.05, 3.63) is 58.7 Å². The monoisotopic (exact) mass is 297 g/mol. The van der Waals surface area contributed by atoms with Crippen molar-refractivity contribution in [3.8, 4) is 5.75 Å². The predicted octanol–water partition coefficient (Wildman–Crippen LogP) is 4.33. The average molecular weight is 297 g/mol. The van der Waals surface area contributed by atoms with Crippen LogP contribution in [-0.2, 0) is 4.79 Å². The van der Waals surface area contributed by atoms with Gasteiger partial charge < -0.3 is 10.1 Å². The fourth-order valence-electron chi connectivity index (χ4n) is 2.23. The number of hydrogen-bond acceptors (Lipinski definition) is 2. The highest BCUT2D eigenvalue weighted by Crippen LogP contribution is 2.19. The van der Waals surface area contributed by atoms with Gasteiger partial charge in [-0.25, -0.2) is 0 Å². The highest BCUT2D eigenvalue weighted by Gasteiger charge is 2.16. The molecule has 0 radical (unpaired) electrons. The van der Waals surface area contributed by atoms with E-state index in [-0.39, 0.29) is 5.91 Å². The summed E-state index contributed by atoms with van der Waals surface area (Å²) in [7, 11) is 0. The third kappa shape index (κ3) is 3.88. The van der Waals surface area contributed by atoms with Crippen LogP contribution in [0, 0.1) is 27.7 Å². The van der Waals surface area contributed by atoms with Crippen molar-refractivity contribution in [2.24, 2.45) is 0 Å². The number of ether oxygens (including phenoxy) is 1. The lowest BCUT2D eigenvalue weighted by molar-refractivity contribution is -0.122.